The molecule has 3 N–H and O–H groups in total. The molecular weight excluding hydrogens is 332 g/mol. The van der Waals surface area contributed by atoms with E-state index in [4.69, 9.17) is 4.74 Å². The minimum absolute atomic E-state index is 0.307. The van der Waals surface area contributed by atoms with Crippen molar-refractivity contribution in [1.82, 2.24) is 0 Å². The van der Waals surface area contributed by atoms with Gasteiger partial charge in [-0.2, -0.15) is 0 Å². The van der Waals surface area contributed by atoms with E-state index >= 15 is 0 Å². The molecule has 0 bridgehead atoms. The fourth-order valence-corrected chi connectivity index (χ4v) is 3.61. The van der Waals surface area contributed by atoms with E-state index < -0.39 is 34.8 Å². The molecule has 3 atom stereocenters. The molecule has 0 aromatic heterocycles. The summed E-state index contributed by atoms with van der Waals surface area (Å²) in [5.74, 6) is -1.50. The van der Waals surface area contributed by atoms with Crippen molar-refractivity contribution in [2.75, 3.05) is 0 Å². The van der Waals surface area contributed by atoms with Crippen molar-refractivity contribution in [2.24, 2.45) is 11.8 Å². The maximum atomic E-state index is 12.6. The third-order valence-electron chi connectivity index (χ3n) is 6.50. The fraction of sp³-hybridized carbons (Fsp3) is 0.952. The fourth-order valence-electron chi connectivity index (χ4n) is 3.61. The number of carbonyl (C=O) groups excluding carboxylic acids is 1. The lowest BCUT2D eigenvalue weighted by molar-refractivity contribution is -0.228. The summed E-state index contributed by atoms with van der Waals surface area (Å²) in [6.45, 7) is 14.5. The number of carbonyl (C=O) groups is 1. The Kier molecular flexibility index (Phi) is 9.80. The van der Waals surface area contributed by atoms with Gasteiger partial charge in [-0.05, 0) is 45.4 Å². The lowest BCUT2D eigenvalue weighted by atomic mass is 9.64. The highest BCUT2D eigenvalue weighted by molar-refractivity contribution is 5.72. The predicted molar refractivity (Wildman–Crippen MR) is 105 cm³/mol. The van der Waals surface area contributed by atoms with Crippen molar-refractivity contribution in [3.63, 3.8) is 0 Å². The van der Waals surface area contributed by atoms with Crippen molar-refractivity contribution in [1.29, 1.82) is 0 Å². The minimum Gasteiger partial charge on any atom is -0.459 e. The second-order valence-corrected chi connectivity index (χ2v) is 7.98. The van der Waals surface area contributed by atoms with Crippen molar-refractivity contribution in [3.05, 3.63) is 0 Å². The first kappa shape index (κ1) is 25.4. The summed E-state index contributed by atoms with van der Waals surface area (Å²) in [6.07, 6.45) is 1.56. The molecule has 0 fully saturated rings. The van der Waals surface area contributed by atoms with Crippen LogP contribution in [0.15, 0.2) is 0 Å². The standard InChI is InChI=1S/C21H42O5/c1-9-15(7)18(22)26-17(19(8,23)10-2)16(20(24,11-3)12-4)21(25,13-5)14-6/h15-17,23-25H,9-14H2,1-8H3. The summed E-state index contributed by atoms with van der Waals surface area (Å²) in [5.41, 5.74) is -3.86. The SMILES string of the molecule is CCC(C)C(=O)OC(C(C(O)(CC)CC)C(O)(CC)CC)C(C)(O)CC. The van der Waals surface area contributed by atoms with E-state index in [0.29, 0.717) is 38.5 Å². The molecule has 0 aromatic carbocycles. The second kappa shape index (κ2) is 10.0. The van der Waals surface area contributed by atoms with Crippen molar-refractivity contribution < 1.29 is 24.9 Å². The van der Waals surface area contributed by atoms with Crippen molar-refractivity contribution in [2.45, 2.75) is 117 Å². The molecule has 0 heterocycles. The van der Waals surface area contributed by atoms with Crippen LogP contribution in [0.5, 0.6) is 0 Å². The smallest absolute Gasteiger partial charge is 0.309 e. The van der Waals surface area contributed by atoms with Gasteiger partial charge in [-0.25, -0.2) is 0 Å². The average Bonchev–Trinajstić information content (AvgIpc) is 2.65. The molecule has 5 heteroatoms. The largest absolute Gasteiger partial charge is 0.459 e. The number of ether oxygens (including phenoxy) is 1. The topological polar surface area (TPSA) is 87.0 Å². The molecule has 5 nitrogen and oxygen atoms in total. The van der Waals surface area contributed by atoms with Gasteiger partial charge in [-0.1, -0.05) is 48.5 Å². The van der Waals surface area contributed by atoms with Crippen LogP contribution in [-0.4, -0.2) is 44.2 Å². The monoisotopic (exact) mass is 374 g/mol. The molecule has 0 rings (SSSR count). The highest BCUT2D eigenvalue weighted by Gasteiger charge is 2.56. The zero-order valence-corrected chi connectivity index (χ0v) is 18.1. The third-order valence-corrected chi connectivity index (χ3v) is 6.50. The van der Waals surface area contributed by atoms with Crippen LogP contribution in [0.25, 0.3) is 0 Å². The van der Waals surface area contributed by atoms with Crippen molar-refractivity contribution >= 4 is 5.97 Å². The normalized spacial score (nSPS) is 17.7. The molecule has 0 saturated carbocycles. The molecular formula is C21H42O5. The first-order valence-electron chi connectivity index (χ1n) is 10.3. The van der Waals surface area contributed by atoms with Crippen LogP contribution in [0, 0.1) is 11.8 Å². The van der Waals surface area contributed by atoms with E-state index in [1.54, 1.807) is 13.8 Å². The Morgan fingerprint density at radius 1 is 0.846 bits per heavy atom. The minimum atomic E-state index is -1.36. The zero-order chi connectivity index (χ0) is 20.8. The summed E-state index contributed by atoms with van der Waals surface area (Å²) < 4.78 is 5.81. The van der Waals surface area contributed by atoms with E-state index in [1.807, 2.05) is 41.5 Å². The second-order valence-electron chi connectivity index (χ2n) is 7.98. The van der Waals surface area contributed by atoms with Crippen LogP contribution in [0.4, 0.5) is 0 Å². The zero-order valence-electron chi connectivity index (χ0n) is 18.1. The molecule has 0 saturated heterocycles. The van der Waals surface area contributed by atoms with E-state index in [1.165, 1.54) is 0 Å². The highest BCUT2D eigenvalue weighted by Crippen LogP contribution is 2.44. The summed E-state index contributed by atoms with van der Waals surface area (Å²) >= 11 is 0. The Morgan fingerprint density at radius 2 is 1.23 bits per heavy atom. The molecule has 3 unspecified atom stereocenters. The number of rotatable bonds is 12. The predicted octanol–water partition coefficient (Wildman–Crippen LogP) is 3.82. The Balaban J connectivity index is 6.38. The van der Waals surface area contributed by atoms with Crippen LogP contribution in [0.3, 0.4) is 0 Å². The van der Waals surface area contributed by atoms with Gasteiger partial charge in [0.15, 0.2) is 0 Å². The summed E-state index contributed by atoms with van der Waals surface area (Å²) in [7, 11) is 0. The summed E-state index contributed by atoms with van der Waals surface area (Å²) in [6, 6.07) is 0. The van der Waals surface area contributed by atoms with E-state index in [0.717, 1.165) is 0 Å². The van der Waals surface area contributed by atoms with E-state index in [2.05, 4.69) is 0 Å². The first-order valence-corrected chi connectivity index (χ1v) is 10.3. The van der Waals surface area contributed by atoms with Gasteiger partial charge in [0.25, 0.3) is 0 Å². The number of esters is 1. The summed E-state index contributed by atoms with van der Waals surface area (Å²) in [5, 5.41) is 33.8. The van der Waals surface area contributed by atoms with Gasteiger partial charge in [0, 0.05) is 0 Å². The molecule has 156 valence electrons. The molecule has 0 amide bonds. The lowest BCUT2D eigenvalue weighted by Crippen LogP contribution is -2.63. The third kappa shape index (κ3) is 5.43. The van der Waals surface area contributed by atoms with E-state index in [-0.39, 0.29) is 5.92 Å². The van der Waals surface area contributed by atoms with Gasteiger partial charge in [0.05, 0.1) is 28.6 Å². The Morgan fingerprint density at radius 3 is 1.50 bits per heavy atom. The van der Waals surface area contributed by atoms with Crippen LogP contribution < -0.4 is 0 Å². The Bertz CT molecular complexity index is 406. The van der Waals surface area contributed by atoms with Crippen LogP contribution in [0.2, 0.25) is 0 Å². The number of hydrogen-bond donors (Lipinski definition) is 3. The molecule has 0 radical (unpaired) electrons. The van der Waals surface area contributed by atoms with Crippen molar-refractivity contribution in [3.8, 4) is 0 Å². The molecule has 0 aliphatic rings. The maximum Gasteiger partial charge on any atom is 0.309 e. The first-order chi connectivity index (χ1) is 11.9. The quantitative estimate of drug-likeness (QED) is 0.452. The lowest BCUT2D eigenvalue weighted by Gasteiger charge is -2.51. The molecule has 0 aliphatic carbocycles. The average molecular weight is 375 g/mol. The summed E-state index contributed by atoms with van der Waals surface area (Å²) in [4.78, 5) is 12.6. The van der Waals surface area contributed by atoms with Crippen LogP contribution >= 0.6 is 0 Å². The van der Waals surface area contributed by atoms with Crippen LogP contribution in [-0.2, 0) is 9.53 Å². The van der Waals surface area contributed by atoms with E-state index in [9.17, 15) is 20.1 Å². The van der Waals surface area contributed by atoms with Gasteiger partial charge in [0.2, 0.25) is 0 Å². The number of aliphatic hydroxyl groups is 3. The Labute approximate surface area is 160 Å². The Hall–Kier alpha value is -0.650. The van der Waals surface area contributed by atoms with Gasteiger partial charge >= 0.3 is 5.97 Å². The van der Waals surface area contributed by atoms with Gasteiger partial charge in [0.1, 0.15) is 6.10 Å². The number of hydrogen-bond acceptors (Lipinski definition) is 5. The molecule has 0 aromatic rings. The maximum absolute atomic E-state index is 12.6. The van der Waals surface area contributed by atoms with Gasteiger partial charge < -0.3 is 20.1 Å². The van der Waals surface area contributed by atoms with Gasteiger partial charge in [-0.3, -0.25) is 4.79 Å². The molecule has 26 heavy (non-hydrogen) atoms. The highest BCUT2D eigenvalue weighted by atomic mass is 16.6. The van der Waals surface area contributed by atoms with Crippen LogP contribution in [0.1, 0.15) is 93.9 Å². The molecule has 0 spiro atoms. The molecule has 0 aliphatic heterocycles. The van der Waals surface area contributed by atoms with Gasteiger partial charge in [-0.15, -0.1) is 0 Å².